The molecule has 2 nitrogen and oxygen atoms in total. The lowest BCUT2D eigenvalue weighted by atomic mass is 10.1. The van der Waals surface area contributed by atoms with Crippen molar-refractivity contribution in [3.63, 3.8) is 0 Å². The zero-order chi connectivity index (χ0) is 14.8. The summed E-state index contributed by atoms with van der Waals surface area (Å²) in [6, 6.07) is 2.68. The van der Waals surface area contributed by atoms with Crippen LogP contribution in [0.3, 0.4) is 0 Å². The first-order chi connectivity index (χ1) is 9.34. The maximum Gasteiger partial charge on any atom is 0.416 e. The molecule has 0 amide bonds. The topological polar surface area (TPSA) is 12.5 Å². The Kier molecular flexibility index (Phi) is 4.65. The van der Waals surface area contributed by atoms with E-state index in [0.29, 0.717) is 24.2 Å². The average molecular weight is 291 g/mol. The molecule has 0 N–H and O–H groups in total. The first-order valence-corrected chi connectivity index (χ1v) is 6.47. The maximum atomic E-state index is 13.3. The van der Waals surface area contributed by atoms with Crippen molar-refractivity contribution in [3.05, 3.63) is 35.1 Å². The molecular formula is C14H17F4NO. The molecule has 0 spiro atoms. The summed E-state index contributed by atoms with van der Waals surface area (Å²) in [6.07, 6.45) is -3.56. The summed E-state index contributed by atoms with van der Waals surface area (Å²) < 4.78 is 56.4. The maximum absolute atomic E-state index is 13.3. The van der Waals surface area contributed by atoms with E-state index in [2.05, 4.69) is 0 Å². The number of alkyl halides is 3. The highest BCUT2D eigenvalue weighted by molar-refractivity contribution is 5.26. The van der Waals surface area contributed by atoms with Gasteiger partial charge < -0.3 is 9.64 Å². The van der Waals surface area contributed by atoms with Crippen molar-refractivity contribution in [1.29, 1.82) is 0 Å². The number of benzene rings is 1. The van der Waals surface area contributed by atoms with Crippen LogP contribution in [0, 0.1) is 11.7 Å². The molecule has 6 heteroatoms. The van der Waals surface area contributed by atoms with Gasteiger partial charge in [0.2, 0.25) is 0 Å². The number of halogens is 4. The van der Waals surface area contributed by atoms with Gasteiger partial charge in [-0.05, 0) is 43.1 Å². The van der Waals surface area contributed by atoms with Crippen molar-refractivity contribution in [1.82, 2.24) is 4.90 Å². The largest absolute Gasteiger partial charge is 0.416 e. The molecule has 1 saturated heterocycles. The molecule has 2 rings (SSSR count). The van der Waals surface area contributed by atoms with E-state index in [4.69, 9.17) is 4.74 Å². The van der Waals surface area contributed by atoms with Gasteiger partial charge in [-0.3, -0.25) is 0 Å². The summed E-state index contributed by atoms with van der Waals surface area (Å²) in [4.78, 5) is 1.90. The highest BCUT2D eigenvalue weighted by Crippen LogP contribution is 2.30. The fraction of sp³-hybridized carbons (Fsp3) is 0.571. The minimum absolute atomic E-state index is 0.289. The second kappa shape index (κ2) is 6.10. The molecule has 0 aliphatic carbocycles. The van der Waals surface area contributed by atoms with E-state index in [1.165, 1.54) is 0 Å². The van der Waals surface area contributed by atoms with Crippen LogP contribution in [0.5, 0.6) is 0 Å². The Morgan fingerprint density at radius 1 is 1.30 bits per heavy atom. The van der Waals surface area contributed by atoms with Gasteiger partial charge in [0.25, 0.3) is 0 Å². The molecule has 20 heavy (non-hydrogen) atoms. The van der Waals surface area contributed by atoms with E-state index in [-0.39, 0.29) is 6.54 Å². The summed E-state index contributed by atoms with van der Waals surface area (Å²) in [5.74, 6) is -0.455. The molecule has 0 bridgehead atoms. The van der Waals surface area contributed by atoms with Crippen LogP contribution in [-0.2, 0) is 17.5 Å². The van der Waals surface area contributed by atoms with Crippen molar-refractivity contribution >= 4 is 0 Å². The number of nitrogens with zero attached hydrogens (tertiary/aromatic N) is 1. The predicted octanol–water partition coefficient (Wildman–Crippen LogP) is 3.31. The van der Waals surface area contributed by atoms with Gasteiger partial charge >= 0.3 is 6.18 Å². The van der Waals surface area contributed by atoms with Gasteiger partial charge in [0.05, 0.1) is 12.2 Å². The van der Waals surface area contributed by atoms with E-state index >= 15 is 0 Å². The lowest BCUT2D eigenvalue weighted by molar-refractivity contribution is -0.137. The highest BCUT2D eigenvalue weighted by atomic mass is 19.4. The summed E-state index contributed by atoms with van der Waals surface area (Å²) in [6.45, 7) is 2.44. The van der Waals surface area contributed by atoms with Crippen LogP contribution in [0.25, 0.3) is 0 Å². The van der Waals surface area contributed by atoms with Gasteiger partial charge in [-0.25, -0.2) is 4.39 Å². The number of hydrogen-bond donors (Lipinski definition) is 0. The third kappa shape index (κ3) is 4.18. The van der Waals surface area contributed by atoms with Crippen molar-refractivity contribution in [2.24, 2.45) is 5.92 Å². The Morgan fingerprint density at radius 2 is 2.05 bits per heavy atom. The van der Waals surface area contributed by atoms with Crippen LogP contribution in [0.1, 0.15) is 17.5 Å². The fourth-order valence-electron chi connectivity index (χ4n) is 2.45. The fourth-order valence-corrected chi connectivity index (χ4v) is 2.45. The summed E-state index contributed by atoms with van der Waals surface area (Å²) in [5.41, 5.74) is -0.608. The van der Waals surface area contributed by atoms with Crippen LogP contribution in [0.15, 0.2) is 18.2 Å². The minimum Gasteiger partial charge on any atom is -0.381 e. The third-order valence-corrected chi connectivity index (χ3v) is 3.33. The predicted molar refractivity (Wildman–Crippen MR) is 66.7 cm³/mol. The third-order valence-electron chi connectivity index (χ3n) is 3.33. The van der Waals surface area contributed by atoms with Crippen LogP contribution in [0.4, 0.5) is 17.6 Å². The smallest absolute Gasteiger partial charge is 0.381 e. The lowest BCUT2D eigenvalue weighted by Gasteiger charge is -2.20. The van der Waals surface area contributed by atoms with Crippen LogP contribution in [-0.4, -0.2) is 31.7 Å². The second-order valence-corrected chi connectivity index (χ2v) is 5.27. The molecule has 1 aromatic rings. The van der Waals surface area contributed by atoms with Gasteiger partial charge in [-0.15, -0.1) is 0 Å². The molecule has 0 radical (unpaired) electrons. The van der Waals surface area contributed by atoms with Gasteiger partial charge in [-0.2, -0.15) is 13.2 Å². The quantitative estimate of drug-likeness (QED) is 0.789. The van der Waals surface area contributed by atoms with Crippen molar-refractivity contribution in [3.8, 4) is 0 Å². The Bertz CT molecular complexity index is 455. The normalized spacial score (nSPS) is 19.8. The Labute approximate surface area is 115 Å². The zero-order valence-corrected chi connectivity index (χ0v) is 11.2. The number of hydrogen-bond acceptors (Lipinski definition) is 2. The molecule has 1 aliphatic heterocycles. The lowest BCUT2D eigenvalue weighted by Crippen LogP contribution is -2.25. The molecule has 112 valence electrons. The molecule has 1 aliphatic rings. The minimum atomic E-state index is -4.52. The summed E-state index contributed by atoms with van der Waals surface area (Å²) in [7, 11) is 1.82. The molecular weight excluding hydrogens is 274 g/mol. The zero-order valence-electron chi connectivity index (χ0n) is 11.2. The van der Waals surface area contributed by atoms with E-state index in [1.54, 1.807) is 0 Å². The van der Waals surface area contributed by atoms with E-state index in [9.17, 15) is 17.6 Å². The van der Waals surface area contributed by atoms with Crippen molar-refractivity contribution in [2.45, 2.75) is 19.1 Å². The molecule has 0 unspecified atom stereocenters. The van der Waals surface area contributed by atoms with Gasteiger partial charge in [0, 0.05) is 19.7 Å². The number of ether oxygens (including phenoxy) is 1. The van der Waals surface area contributed by atoms with Crippen molar-refractivity contribution in [2.75, 3.05) is 26.8 Å². The summed E-state index contributed by atoms with van der Waals surface area (Å²) >= 11 is 0. The van der Waals surface area contributed by atoms with Gasteiger partial charge in [0.1, 0.15) is 5.82 Å². The summed E-state index contributed by atoms with van der Waals surface area (Å²) in [5, 5.41) is 0. The van der Waals surface area contributed by atoms with Gasteiger partial charge in [-0.1, -0.05) is 0 Å². The van der Waals surface area contributed by atoms with E-state index in [0.717, 1.165) is 31.7 Å². The van der Waals surface area contributed by atoms with E-state index in [1.807, 2.05) is 11.9 Å². The van der Waals surface area contributed by atoms with Gasteiger partial charge in [0.15, 0.2) is 0 Å². The second-order valence-electron chi connectivity index (χ2n) is 5.27. The molecule has 1 heterocycles. The molecule has 1 fully saturated rings. The first-order valence-electron chi connectivity index (χ1n) is 6.47. The SMILES string of the molecule is CN(Cc1cc(F)cc(C(F)(F)F)c1)C[C@H]1CCOC1. The van der Waals surface area contributed by atoms with Crippen LogP contribution < -0.4 is 0 Å². The average Bonchev–Trinajstić information content (AvgIpc) is 2.79. The Balaban J connectivity index is 2.02. The van der Waals surface area contributed by atoms with Crippen LogP contribution >= 0.6 is 0 Å². The Hall–Kier alpha value is -1.14. The van der Waals surface area contributed by atoms with E-state index < -0.39 is 17.6 Å². The molecule has 0 saturated carbocycles. The highest BCUT2D eigenvalue weighted by Gasteiger charge is 2.31. The molecule has 1 atom stereocenters. The monoisotopic (exact) mass is 291 g/mol. The standard InChI is InChI=1S/C14H17F4NO/c1-19(7-10-2-3-20-9-10)8-11-4-12(14(16,17)18)6-13(15)5-11/h4-6,10H,2-3,7-9H2,1H3/t10-/m1/s1. The molecule has 1 aromatic carbocycles. The first kappa shape index (κ1) is 15.3. The molecule has 0 aromatic heterocycles. The Morgan fingerprint density at radius 3 is 2.65 bits per heavy atom. The van der Waals surface area contributed by atoms with Crippen LogP contribution in [0.2, 0.25) is 0 Å². The number of rotatable bonds is 4. The van der Waals surface area contributed by atoms with Crippen molar-refractivity contribution < 1.29 is 22.3 Å².